The lowest BCUT2D eigenvalue weighted by atomic mass is 9.55. The van der Waals surface area contributed by atoms with Gasteiger partial charge in [-0.15, -0.1) is 6.58 Å². The fourth-order valence-corrected chi connectivity index (χ4v) is 9.40. The third kappa shape index (κ3) is 11.0. The van der Waals surface area contributed by atoms with E-state index in [4.69, 9.17) is 28.9 Å². The van der Waals surface area contributed by atoms with Gasteiger partial charge < -0.3 is 44.0 Å². The first-order chi connectivity index (χ1) is 30.4. The Balaban J connectivity index is 1.62. The third-order valence-corrected chi connectivity index (χ3v) is 12.4. The Hall–Kier alpha value is -5.03. The second kappa shape index (κ2) is 21.6. The second-order valence-electron chi connectivity index (χ2n) is 17.8. The van der Waals surface area contributed by atoms with Crippen molar-refractivity contribution in [1.29, 1.82) is 5.26 Å². The number of rotatable bonds is 21. The minimum atomic E-state index is -1.49. The fraction of sp³-hybridized carbons (Fsp3) is 0.510. The van der Waals surface area contributed by atoms with E-state index in [2.05, 4.69) is 38.6 Å². The summed E-state index contributed by atoms with van der Waals surface area (Å²) < 4.78 is 26.9. The number of fused-ring (bicyclic) bond motifs is 2. The monoisotopic (exact) mass is 863 g/mol. The summed E-state index contributed by atoms with van der Waals surface area (Å²) >= 11 is 0. The number of amides is 1. The molecule has 1 saturated carbocycles. The molecule has 3 aromatic rings. The summed E-state index contributed by atoms with van der Waals surface area (Å²) in [6.45, 7) is 14.4. The van der Waals surface area contributed by atoms with Gasteiger partial charge in [-0.2, -0.15) is 5.26 Å². The Bertz CT molecular complexity index is 2140. The molecule has 338 valence electrons. The number of ether oxygens (including phenoxy) is 4. The van der Waals surface area contributed by atoms with Crippen molar-refractivity contribution in [2.24, 2.45) is 22.9 Å². The van der Waals surface area contributed by atoms with Crippen molar-refractivity contribution in [2.75, 3.05) is 46.2 Å². The third-order valence-electron chi connectivity index (χ3n) is 12.4. The Morgan fingerprint density at radius 3 is 2.33 bits per heavy atom. The quantitative estimate of drug-likeness (QED) is 0.0537. The topological polar surface area (TPSA) is 163 Å². The summed E-state index contributed by atoms with van der Waals surface area (Å²) in [5, 5.41) is 44.1. The summed E-state index contributed by atoms with van der Waals surface area (Å²) in [5.41, 5.74) is 4.99. The first-order valence-corrected chi connectivity index (χ1v) is 22.4. The van der Waals surface area contributed by atoms with Crippen LogP contribution in [0.1, 0.15) is 104 Å². The molecule has 63 heavy (non-hydrogen) atoms. The fourth-order valence-electron chi connectivity index (χ4n) is 9.40. The predicted octanol–water partition coefficient (Wildman–Crippen LogP) is 8.55. The molecule has 0 aromatic heterocycles. The molecule has 1 aliphatic heterocycles. The van der Waals surface area contributed by atoms with Crippen LogP contribution in [0.25, 0.3) is 0 Å². The van der Waals surface area contributed by atoms with Crippen LogP contribution in [0.3, 0.4) is 0 Å². The zero-order chi connectivity index (χ0) is 45.1. The number of hydrogen-bond acceptors (Lipinski definition) is 11. The van der Waals surface area contributed by atoms with Gasteiger partial charge in [0, 0.05) is 43.2 Å². The largest absolute Gasteiger partial charge is 0.459 e. The molecule has 12 nitrogen and oxygen atoms in total. The molecule has 0 spiro atoms. The minimum absolute atomic E-state index is 0.0225. The highest BCUT2D eigenvalue weighted by Crippen LogP contribution is 2.62. The van der Waals surface area contributed by atoms with E-state index in [9.17, 15) is 20.6 Å². The highest BCUT2D eigenvalue weighted by atomic mass is 16.7. The molecule has 3 aromatic carbocycles. The number of aryl methyl sites for hydroxylation is 2. The Labute approximate surface area is 372 Å². The molecule has 6 unspecified atom stereocenters. The Morgan fingerprint density at radius 1 is 0.952 bits per heavy atom. The first-order valence-electron chi connectivity index (χ1n) is 22.4. The molecular weight excluding hydrogens is 799 g/mol. The van der Waals surface area contributed by atoms with E-state index in [1.807, 2.05) is 51.1 Å². The molecular formula is C51H65N3O9. The van der Waals surface area contributed by atoms with Crippen LogP contribution >= 0.6 is 0 Å². The van der Waals surface area contributed by atoms with Crippen LogP contribution in [-0.4, -0.2) is 95.5 Å². The van der Waals surface area contributed by atoms with Gasteiger partial charge in [-0.05, 0) is 143 Å². The van der Waals surface area contributed by atoms with Gasteiger partial charge >= 0.3 is 0 Å². The number of nitriles is 1. The van der Waals surface area contributed by atoms with Crippen molar-refractivity contribution in [1.82, 2.24) is 4.90 Å². The van der Waals surface area contributed by atoms with Crippen LogP contribution in [0.2, 0.25) is 0 Å². The van der Waals surface area contributed by atoms with Crippen LogP contribution in [-0.2, 0) is 14.3 Å². The lowest BCUT2D eigenvalue weighted by Crippen LogP contribution is -2.70. The van der Waals surface area contributed by atoms with Crippen LogP contribution in [0, 0.1) is 42.9 Å². The Kier molecular flexibility index (Phi) is 16.2. The number of aliphatic hydroxyl groups is 3. The molecule has 0 radical (unpaired) electrons. The highest BCUT2D eigenvalue weighted by Gasteiger charge is 2.65. The normalized spacial score (nSPS) is 23.1. The molecule has 1 heterocycles. The molecule has 6 rings (SSSR count). The number of benzene rings is 3. The van der Waals surface area contributed by atoms with Gasteiger partial charge in [0.25, 0.3) is 5.91 Å². The van der Waals surface area contributed by atoms with Gasteiger partial charge in [-0.25, -0.2) is 0 Å². The van der Waals surface area contributed by atoms with Crippen molar-refractivity contribution in [3.8, 4) is 23.3 Å². The zero-order valence-corrected chi connectivity index (χ0v) is 37.6. The van der Waals surface area contributed by atoms with Crippen molar-refractivity contribution < 1.29 is 43.9 Å². The van der Waals surface area contributed by atoms with E-state index in [0.717, 1.165) is 48.1 Å². The van der Waals surface area contributed by atoms with Gasteiger partial charge in [0.2, 0.25) is 5.79 Å². The van der Waals surface area contributed by atoms with E-state index < -0.39 is 23.3 Å². The number of hydrogen-bond donors (Lipinski definition) is 3. The van der Waals surface area contributed by atoms with Gasteiger partial charge in [0.15, 0.2) is 0 Å². The van der Waals surface area contributed by atoms with Crippen LogP contribution in [0.4, 0.5) is 0 Å². The van der Waals surface area contributed by atoms with Crippen LogP contribution in [0.15, 0.2) is 90.1 Å². The standard InChI is InChI=1S/C51H65N3O9/c1-7-26-60-51-46(54(22-27-59-28-25-57)49(58)37-17-15-36(33-52)16-18-37)32-44(53-63-50(4,5)6)42-30-38(12-8-10-23-55)41(13-9-11-24-56)47(48(42)51)43-31-40(20-21-45(43)62-51)61-39-19-14-34(2)35(3)29-39/h7,14-21,29-31,38,41,46-48,55-57H,1,8-13,22-28,32H2,2-6H3. The summed E-state index contributed by atoms with van der Waals surface area (Å²) in [6.07, 6.45) is 8.70. The lowest BCUT2D eigenvalue weighted by molar-refractivity contribution is -0.254. The molecule has 0 saturated heterocycles. The number of allylic oxidation sites excluding steroid dienone is 1. The van der Waals surface area contributed by atoms with Crippen molar-refractivity contribution in [3.63, 3.8) is 0 Å². The first kappa shape index (κ1) is 47.4. The SMILES string of the molecule is C=CCOC12Oc3ccc(Oc4ccc(C)c(C)c4)cc3C3C(CCCCO)C(CCCCO)C=C(C(=NOC(C)(C)C)CC1N(CCOCCO)C(=O)c1ccc(C#N)cc1)C32. The van der Waals surface area contributed by atoms with Crippen LogP contribution in [0.5, 0.6) is 17.2 Å². The molecule has 12 heteroatoms. The van der Waals surface area contributed by atoms with Gasteiger partial charge in [0.1, 0.15) is 28.9 Å². The Morgan fingerprint density at radius 2 is 1.67 bits per heavy atom. The molecule has 3 aliphatic rings. The van der Waals surface area contributed by atoms with E-state index in [0.29, 0.717) is 41.2 Å². The minimum Gasteiger partial charge on any atom is -0.459 e. The average molecular weight is 864 g/mol. The number of aliphatic hydroxyl groups excluding tert-OH is 3. The molecule has 2 aliphatic carbocycles. The maximum absolute atomic E-state index is 15.1. The smallest absolute Gasteiger partial charge is 0.254 e. The maximum Gasteiger partial charge on any atom is 0.254 e. The number of carbonyl (C=O) groups excluding carboxylic acids is 1. The molecule has 1 fully saturated rings. The van der Waals surface area contributed by atoms with E-state index in [1.54, 1.807) is 35.2 Å². The molecule has 3 N–H and O–H groups in total. The van der Waals surface area contributed by atoms with Gasteiger partial charge in [0.05, 0.1) is 49.7 Å². The molecule has 6 atom stereocenters. The summed E-state index contributed by atoms with van der Waals surface area (Å²) in [5.74, 6) is -0.525. The number of oxime groups is 1. The van der Waals surface area contributed by atoms with E-state index in [1.165, 1.54) is 5.56 Å². The second-order valence-corrected chi connectivity index (χ2v) is 17.8. The van der Waals surface area contributed by atoms with Gasteiger partial charge in [-0.1, -0.05) is 36.2 Å². The molecule has 1 amide bonds. The highest BCUT2D eigenvalue weighted by molar-refractivity contribution is 6.03. The summed E-state index contributed by atoms with van der Waals surface area (Å²) in [6, 6.07) is 19.9. The van der Waals surface area contributed by atoms with Crippen molar-refractivity contribution >= 4 is 11.6 Å². The van der Waals surface area contributed by atoms with Gasteiger partial charge in [-0.3, -0.25) is 4.79 Å². The number of nitrogens with zero attached hydrogens (tertiary/aromatic N) is 3. The van der Waals surface area contributed by atoms with E-state index >= 15 is 4.79 Å². The van der Waals surface area contributed by atoms with Crippen LogP contribution < -0.4 is 9.47 Å². The summed E-state index contributed by atoms with van der Waals surface area (Å²) in [7, 11) is 0. The average Bonchev–Trinajstić information content (AvgIpc) is 3.27. The number of unbranched alkanes of at least 4 members (excludes halogenated alkanes) is 2. The maximum atomic E-state index is 15.1. The predicted molar refractivity (Wildman–Crippen MR) is 242 cm³/mol. The van der Waals surface area contributed by atoms with Crippen molar-refractivity contribution in [3.05, 3.63) is 113 Å². The number of carbonyl (C=O) groups is 1. The zero-order valence-electron chi connectivity index (χ0n) is 37.6. The molecule has 0 bridgehead atoms. The van der Waals surface area contributed by atoms with E-state index in [-0.39, 0.29) is 76.3 Å². The summed E-state index contributed by atoms with van der Waals surface area (Å²) in [4.78, 5) is 23.1. The van der Waals surface area contributed by atoms with Crippen molar-refractivity contribution in [2.45, 2.75) is 103 Å². The lowest BCUT2D eigenvalue weighted by Gasteiger charge is -2.60.